The van der Waals surface area contributed by atoms with Crippen molar-refractivity contribution in [3.63, 3.8) is 0 Å². The molecule has 1 saturated carbocycles. The summed E-state index contributed by atoms with van der Waals surface area (Å²) < 4.78 is 0. The minimum Gasteiger partial charge on any atom is -0.0622 e. The molecule has 0 N–H and O–H groups in total. The molecule has 0 heteroatoms. The second kappa shape index (κ2) is 4.75. The molecular weight excluding hydrogens is 204 g/mol. The Hall–Kier alpha value is -1.56. The van der Waals surface area contributed by atoms with Crippen LogP contribution in [0.5, 0.6) is 0 Å². The van der Waals surface area contributed by atoms with E-state index in [-0.39, 0.29) is 0 Å². The highest BCUT2D eigenvalue weighted by Gasteiger charge is 2.17. The van der Waals surface area contributed by atoms with E-state index >= 15 is 0 Å². The van der Waals surface area contributed by atoms with Crippen LogP contribution in [0.1, 0.15) is 24.8 Å². The summed E-state index contributed by atoms with van der Waals surface area (Å²) in [7, 11) is 0. The largest absolute Gasteiger partial charge is 0.0622 e. The number of rotatable bonds is 3. The molecule has 0 saturated heterocycles. The highest BCUT2D eigenvalue weighted by atomic mass is 14.2. The summed E-state index contributed by atoms with van der Waals surface area (Å²) in [5.74, 6) is 0.956. The normalized spacial score (nSPS) is 15.5. The highest BCUT2D eigenvalue weighted by molar-refractivity contribution is 5.63. The topological polar surface area (TPSA) is 0 Å². The van der Waals surface area contributed by atoms with Crippen molar-refractivity contribution in [2.75, 3.05) is 0 Å². The summed E-state index contributed by atoms with van der Waals surface area (Å²) in [6, 6.07) is 19.7. The molecule has 0 radical (unpaired) electrons. The minimum absolute atomic E-state index is 0.956. The van der Waals surface area contributed by atoms with Gasteiger partial charge in [0.05, 0.1) is 0 Å². The third-order valence-electron chi connectivity index (χ3n) is 3.81. The first-order chi connectivity index (χ1) is 8.42. The zero-order valence-electron chi connectivity index (χ0n) is 10.1. The Morgan fingerprint density at radius 2 is 1.41 bits per heavy atom. The Kier molecular flexibility index (Phi) is 2.96. The van der Waals surface area contributed by atoms with Crippen molar-refractivity contribution in [3.8, 4) is 11.1 Å². The summed E-state index contributed by atoms with van der Waals surface area (Å²) in [6.45, 7) is 0. The van der Waals surface area contributed by atoms with Gasteiger partial charge in [0.2, 0.25) is 0 Å². The van der Waals surface area contributed by atoms with E-state index < -0.39 is 0 Å². The second-order valence-electron chi connectivity index (χ2n) is 5.06. The predicted molar refractivity (Wildman–Crippen MR) is 72.9 cm³/mol. The molecule has 0 aromatic heterocycles. The van der Waals surface area contributed by atoms with Gasteiger partial charge in [0, 0.05) is 0 Å². The quantitative estimate of drug-likeness (QED) is 0.706. The maximum absolute atomic E-state index is 2.29. The van der Waals surface area contributed by atoms with E-state index in [1.807, 2.05) is 0 Å². The van der Waals surface area contributed by atoms with Crippen LogP contribution in [-0.2, 0) is 6.42 Å². The summed E-state index contributed by atoms with van der Waals surface area (Å²) in [5.41, 5.74) is 4.13. The molecule has 1 fully saturated rings. The zero-order chi connectivity index (χ0) is 11.5. The number of hydrogen-bond donors (Lipinski definition) is 0. The van der Waals surface area contributed by atoms with Gasteiger partial charge in [-0.15, -0.1) is 0 Å². The van der Waals surface area contributed by atoms with Crippen LogP contribution in [-0.4, -0.2) is 0 Å². The van der Waals surface area contributed by atoms with Crippen molar-refractivity contribution in [2.24, 2.45) is 5.92 Å². The fraction of sp³-hybridized carbons (Fsp3) is 0.294. The molecule has 0 heterocycles. The maximum atomic E-state index is 2.29. The first-order valence-electron chi connectivity index (χ1n) is 6.56. The molecule has 3 rings (SSSR count). The Balaban J connectivity index is 1.75. The van der Waals surface area contributed by atoms with Crippen molar-refractivity contribution in [1.82, 2.24) is 0 Å². The molecular formula is C17H18. The lowest BCUT2D eigenvalue weighted by Gasteiger charge is -2.25. The molecule has 86 valence electrons. The second-order valence-corrected chi connectivity index (χ2v) is 5.06. The molecule has 0 atom stereocenters. The van der Waals surface area contributed by atoms with Crippen LogP contribution in [0, 0.1) is 5.92 Å². The Labute approximate surface area is 103 Å². The summed E-state index contributed by atoms with van der Waals surface area (Å²) >= 11 is 0. The molecule has 1 aliphatic rings. The van der Waals surface area contributed by atoms with Crippen LogP contribution in [0.2, 0.25) is 0 Å². The van der Waals surface area contributed by atoms with Crippen LogP contribution in [0.15, 0.2) is 54.6 Å². The van der Waals surface area contributed by atoms with E-state index in [9.17, 15) is 0 Å². The van der Waals surface area contributed by atoms with Gasteiger partial charge in [-0.3, -0.25) is 0 Å². The van der Waals surface area contributed by atoms with Crippen molar-refractivity contribution >= 4 is 0 Å². The Morgan fingerprint density at radius 3 is 2.00 bits per heavy atom. The van der Waals surface area contributed by atoms with Crippen LogP contribution in [0.4, 0.5) is 0 Å². The van der Waals surface area contributed by atoms with Crippen LogP contribution in [0.25, 0.3) is 11.1 Å². The van der Waals surface area contributed by atoms with Gasteiger partial charge < -0.3 is 0 Å². The van der Waals surface area contributed by atoms with E-state index in [1.165, 1.54) is 42.4 Å². The van der Waals surface area contributed by atoms with Crippen molar-refractivity contribution < 1.29 is 0 Å². The summed E-state index contributed by atoms with van der Waals surface area (Å²) in [5, 5.41) is 0. The molecule has 0 unspecified atom stereocenters. The molecule has 0 aliphatic heterocycles. The highest BCUT2D eigenvalue weighted by Crippen LogP contribution is 2.30. The average Bonchev–Trinajstić information content (AvgIpc) is 2.36. The van der Waals surface area contributed by atoms with Crippen LogP contribution in [0.3, 0.4) is 0 Å². The third-order valence-corrected chi connectivity index (χ3v) is 3.81. The van der Waals surface area contributed by atoms with Gasteiger partial charge in [-0.25, -0.2) is 0 Å². The van der Waals surface area contributed by atoms with Gasteiger partial charge >= 0.3 is 0 Å². The van der Waals surface area contributed by atoms with Crippen molar-refractivity contribution in [2.45, 2.75) is 25.7 Å². The molecule has 2 aromatic carbocycles. The third kappa shape index (κ3) is 2.41. The van der Waals surface area contributed by atoms with Gasteiger partial charge in [-0.2, -0.15) is 0 Å². The molecule has 0 bridgehead atoms. The van der Waals surface area contributed by atoms with Crippen molar-refractivity contribution in [1.29, 1.82) is 0 Å². The lowest BCUT2D eigenvalue weighted by atomic mass is 9.81. The number of hydrogen-bond acceptors (Lipinski definition) is 0. The first kappa shape index (κ1) is 10.6. The smallest absolute Gasteiger partial charge is 0.0184 e. The van der Waals surface area contributed by atoms with E-state index in [4.69, 9.17) is 0 Å². The van der Waals surface area contributed by atoms with E-state index in [0.29, 0.717) is 0 Å². The summed E-state index contributed by atoms with van der Waals surface area (Å²) in [6.07, 6.45) is 5.57. The average molecular weight is 222 g/mol. The molecule has 0 amide bonds. The van der Waals surface area contributed by atoms with Gasteiger partial charge in [0.25, 0.3) is 0 Å². The molecule has 17 heavy (non-hydrogen) atoms. The molecule has 0 spiro atoms. The first-order valence-corrected chi connectivity index (χ1v) is 6.56. The molecule has 0 nitrogen and oxygen atoms in total. The minimum atomic E-state index is 0.956. The maximum Gasteiger partial charge on any atom is -0.0184 e. The van der Waals surface area contributed by atoms with E-state index in [1.54, 1.807) is 0 Å². The van der Waals surface area contributed by atoms with Gasteiger partial charge in [-0.1, -0.05) is 73.9 Å². The van der Waals surface area contributed by atoms with Crippen LogP contribution >= 0.6 is 0 Å². The van der Waals surface area contributed by atoms with Gasteiger partial charge in [-0.05, 0) is 29.0 Å². The lowest BCUT2D eigenvalue weighted by Crippen LogP contribution is -2.13. The Morgan fingerprint density at radius 1 is 0.765 bits per heavy atom. The lowest BCUT2D eigenvalue weighted by molar-refractivity contribution is 0.314. The standard InChI is InChI=1S/C17H18/c1-2-7-16(8-3-1)17-11-9-15(10-12-17)13-14-5-4-6-14/h1-3,7-12,14H,4-6,13H2. The molecule has 1 aliphatic carbocycles. The monoisotopic (exact) mass is 222 g/mol. The predicted octanol–water partition coefficient (Wildman–Crippen LogP) is 4.70. The van der Waals surface area contributed by atoms with E-state index in [2.05, 4.69) is 54.6 Å². The zero-order valence-corrected chi connectivity index (χ0v) is 10.1. The SMILES string of the molecule is c1ccc(-c2ccc(CC3CCC3)cc2)cc1. The van der Waals surface area contributed by atoms with Gasteiger partial charge in [0.15, 0.2) is 0 Å². The summed E-state index contributed by atoms with van der Waals surface area (Å²) in [4.78, 5) is 0. The van der Waals surface area contributed by atoms with Gasteiger partial charge in [0.1, 0.15) is 0 Å². The van der Waals surface area contributed by atoms with Crippen molar-refractivity contribution in [3.05, 3.63) is 60.2 Å². The molecule has 2 aromatic rings. The van der Waals surface area contributed by atoms with Crippen LogP contribution < -0.4 is 0 Å². The fourth-order valence-corrected chi connectivity index (χ4v) is 2.49. The van der Waals surface area contributed by atoms with E-state index in [0.717, 1.165) is 5.92 Å². The Bertz CT molecular complexity index is 463. The fourth-order valence-electron chi connectivity index (χ4n) is 2.49. The number of benzene rings is 2.